The standard InChI is InChI=1S/C24H33N5O6S/c1-15-10-29(16(2)13-30)24(32)19-9-18(26-23(31)17-5-6-17)7-8-20(19)35-21(15)11-28(4)36(33,34)22-12-27(3)14-25-22/h7-9,12,14-17,21,30H,5-6,10-11,13H2,1-4H3,(H,26,31)/t15-,16-,21+/m0/s1. The van der Waals surface area contributed by atoms with Crippen LogP contribution in [0.4, 0.5) is 5.69 Å². The number of imidazole rings is 1. The van der Waals surface area contributed by atoms with Gasteiger partial charge in [0.25, 0.3) is 15.9 Å². The minimum absolute atomic E-state index is 0.00620. The van der Waals surface area contributed by atoms with E-state index < -0.39 is 22.2 Å². The SMILES string of the molecule is C[C@H]1CN([C@@H](C)CO)C(=O)c2cc(NC(=O)C3CC3)ccc2O[C@@H]1CN(C)S(=O)(=O)c1cn(C)cn1. The van der Waals surface area contributed by atoms with Gasteiger partial charge < -0.3 is 24.6 Å². The van der Waals surface area contributed by atoms with E-state index in [4.69, 9.17) is 4.74 Å². The normalized spacial score (nSPS) is 21.4. The molecule has 1 aromatic carbocycles. The Labute approximate surface area is 211 Å². The number of aliphatic hydroxyl groups is 1. The van der Waals surface area contributed by atoms with Crippen LogP contribution >= 0.6 is 0 Å². The van der Waals surface area contributed by atoms with E-state index >= 15 is 0 Å². The number of aryl methyl sites for hydroxylation is 1. The van der Waals surface area contributed by atoms with E-state index in [1.165, 1.54) is 23.9 Å². The lowest BCUT2D eigenvalue weighted by Crippen LogP contribution is -2.50. The predicted molar refractivity (Wildman–Crippen MR) is 132 cm³/mol. The molecule has 0 radical (unpaired) electrons. The minimum atomic E-state index is -3.85. The summed E-state index contributed by atoms with van der Waals surface area (Å²) in [4.78, 5) is 31.3. The van der Waals surface area contributed by atoms with Crippen LogP contribution in [-0.2, 0) is 21.9 Å². The molecule has 2 amide bonds. The number of nitrogens with zero attached hydrogens (tertiary/aromatic N) is 4. The number of likely N-dealkylation sites (N-methyl/N-ethyl adjacent to an activating group) is 1. The molecule has 0 unspecified atom stereocenters. The lowest BCUT2D eigenvalue weighted by atomic mass is 9.99. The summed E-state index contributed by atoms with van der Waals surface area (Å²) in [5.74, 6) is -0.366. The highest BCUT2D eigenvalue weighted by molar-refractivity contribution is 7.89. The fourth-order valence-corrected chi connectivity index (χ4v) is 5.28. The molecular weight excluding hydrogens is 486 g/mol. The Kier molecular flexibility index (Phi) is 7.39. The van der Waals surface area contributed by atoms with Crippen LogP contribution in [0.5, 0.6) is 5.75 Å². The molecule has 1 aromatic heterocycles. The summed E-state index contributed by atoms with van der Waals surface area (Å²) < 4.78 is 35.1. The van der Waals surface area contributed by atoms with Crippen molar-refractivity contribution < 1.29 is 27.9 Å². The zero-order chi connectivity index (χ0) is 26.2. The summed E-state index contributed by atoms with van der Waals surface area (Å²) in [6.07, 6.45) is 3.97. The second kappa shape index (κ2) is 10.2. The third-order valence-electron chi connectivity index (χ3n) is 6.67. The van der Waals surface area contributed by atoms with Gasteiger partial charge in [0.05, 0.1) is 31.1 Å². The number of sulfonamides is 1. The summed E-state index contributed by atoms with van der Waals surface area (Å²) >= 11 is 0. The average Bonchev–Trinajstić information content (AvgIpc) is 3.61. The Balaban J connectivity index is 1.64. The molecule has 2 aromatic rings. The first-order valence-electron chi connectivity index (χ1n) is 12.0. The quantitative estimate of drug-likeness (QED) is 0.537. The first kappa shape index (κ1) is 26.1. The smallest absolute Gasteiger partial charge is 0.261 e. The Morgan fingerprint density at radius 2 is 2.08 bits per heavy atom. The molecule has 1 aliphatic carbocycles. The van der Waals surface area contributed by atoms with E-state index in [0.29, 0.717) is 11.4 Å². The molecule has 36 heavy (non-hydrogen) atoms. The van der Waals surface area contributed by atoms with E-state index in [-0.39, 0.29) is 53.9 Å². The van der Waals surface area contributed by atoms with E-state index in [1.54, 1.807) is 41.6 Å². The molecule has 0 spiro atoms. The van der Waals surface area contributed by atoms with Gasteiger partial charge in [-0.2, -0.15) is 4.31 Å². The van der Waals surface area contributed by atoms with Crippen LogP contribution in [0, 0.1) is 11.8 Å². The molecule has 1 aliphatic heterocycles. The van der Waals surface area contributed by atoms with Crippen molar-refractivity contribution in [1.29, 1.82) is 0 Å². The number of carbonyl (C=O) groups excluding carboxylic acids is 2. The van der Waals surface area contributed by atoms with Crippen LogP contribution in [0.2, 0.25) is 0 Å². The Morgan fingerprint density at radius 3 is 2.69 bits per heavy atom. The molecule has 3 atom stereocenters. The van der Waals surface area contributed by atoms with E-state index in [2.05, 4.69) is 10.3 Å². The van der Waals surface area contributed by atoms with Crippen LogP contribution in [0.3, 0.4) is 0 Å². The molecule has 2 N–H and O–H groups in total. The maximum atomic E-state index is 13.5. The summed E-state index contributed by atoms with van der Waals surface area (Å²) in [6.45, 7) is 3.67. The summed E-state index contributed by atoms with van der Waals surface area (Å²) in [7, 11) is -0.693. The number of anilines is 1. The first-order valence-corrected chi connectivity index (χ1v) is 13.4. The van der Waals surface area contributed by atoms with Crippen molar-refractivity contribution >= 4 is 27.5 Å². The van der Waals surface area contributed by atoms with Crippen molar-refractivity contribution in [2.45, 2.75) is 43.9 Å². The zero-order valence-corrected chi connectivity index (χ0v) is 21.7. The molecule has 4 rings (SSSR count). The van der Waals surface area contributed by atoms with Crippen molar-refractivity contribution in [3.05, 3.63) is 36.3 Å². The lowest BCUT2D eigenvalue weighted by molar-refractivity contribution is -0.117. The second-order valence-corrected chi connectivity index (χ2v) is 11.8. The number of amides is 2. The highest BCUT2D eigenvalue weighted by Gasteiger charge is 2.36. The monoisotopic (exact) mass is 519 g/mol. The van der Waals surface area contributed by atoms with Crippen LogP contribution in [0.1, 0.15) is 37.0 Å². The summed E-state index contributed by atoms with van der Waals surface area (Å²) in [6, 6.07) is 4.40. The van der Waals surface area contributed by atoms with Gasteiger partial charge >= 0.3 is 0 Å². The van der Waals surface area contributed by atoms with E-state index in [0.717, 1.165) is 12.8 Å². The molecule has 1 fully saturated rings. The van der Waals surface area contributed by atoms with Crippen molar-refractivity contribution in [3.63, 3.8) is 0 Å². The molecule has 196 valence electrons. The van der Waals surface area contributed by atoms with Crippen molar-refractivity contribution in [2.75, 3.05) is 32.1 Å². The molecule has 0 bridgehead atoms. The number of ether oxygens (including phenoxy) is 1. The van der Waals surface area contributed by atoms with Crippen molar-refractivity contribution in [1.82, 2.24) is 18.8 Å². The maximum Gasteiger partial charge on any atom is 0.261 e. The largest absolute Gasteiger partial charge is 0.488 e. The fraction of sp³-hybridized carbons (Fsp3) is 0.542. The predicted octanol–water partition coefficient (Wildman–Crippen LogP) is 1.31. The van der Waals surface area contributed by atoms with E-state index in [1.807, 2.05) is 6.92 Å². The summed E-state index contributed by atoms with van der Waals surface area (Å²) in [5.41, 5.74) is 0.732. The molecule has 2 heterocycles. The molecule has 2 aliphatic rings. The van der Waals surface area contributed by atoms with Gasteiger partial charge in [0.15, 0.2) is 5.03 Å². The maximum absolute atomic E-state index is 13.5. The zero-order valence-electron chi connectivity index (χ0n) is 20.9. The number of rotatable bonds is 8. The second-order valence-electron chi connectivity index (χ2n) is 9.76. The third-order valence-corrected chi connectivity index (χ3v) is 8.38. The topological polar surface area (TPSA) is 134 Å². The summed E-state index contributed by atoms with van der Waals surface area (Å²) in [5, 5.41) is 12.6. The number of benzene rings is 1. The Morgan fingerprint density at radius 1 is 1.36 bits per heavy atom. The number of fused-ring (bicyclic) bond motifs is 1. The number of hydrogen-bond acceptors (Lipinski definition) is 7. The number of aromatic nitrogens is 2. The first-order chi connectivity index (χ1) is 17.0. The highest BCUT2D eigenvalue weighted by atomic mass is 32.2. The van der Waals surface area contributed by atoms with Crippen LogP contribution < -0.4 is 10.1 Å². The molecule has 12 heteroatoms. The van der Waals surface area contributed by atoms with Gasteiger partial charge in [-0.05, 0) is 38.0 Å². The number of carbonyl (C=O) groups is 2. The third kappa shape index (κ3) is 5.40. The van der Waals surface area contributed by atoms with Crippen LogP contribution in [-0.4, -0.2) is 83.0 Å². The average molecular weight is 520 g/mol. The van der Waals surface area contributed by atoms with Gasteiger partial charge in [-0.25, -0.2) is 13.4 Å². The van der Waals surface area contributed by atoms with Gasteiger partial charge in [0.2, 0.25) is 5.91 Å². The van der Waals surface area contributed by atoms with Gasteiger partial charge in [-0.1, -0.05) is 6.92 Å². The van der Waals surface area contributed by atoms with Crippen LogP contribution in [0.25, 0.3) is 0 Å². The molecule has 1 saturated carbocycles. The number of hydrogen-bond donors (Lipinski definition) is 2. The Hall–Kier alpha value is -2.96. The number of nitrogens with one attached hydrogen (secondary N) is 1. The molecular formula is C24H33N5O6S. The lowest BCUT2D eigenvalue weighted by Gasteiger charge is -2.38. The Bertz CT molecular complexity index is 1240. The van der Waals surface area contributed by atoms with E-state index in [9.17, 15) is 23.1 Å². The molecule has 0 saturated heterocycles. The van der Waals surface area contributed by atoms with Gasteiger partial charge in [0, 0.05) is 44.4 Å². The van der Waals surface area contributed by atoms with Crippen LogP contribution in [0.15, 0.2) is 35.7 Å². The minimum Gasteiger partial charge on any atom is -0.488 e. The fourth-order valence-electron chi connectivity index (χ4n) is 4.14. The van der Waals surface area contributed by atoms with Crippen molar-refractivity contribution in [3.8, 4) is 5.75 Å². The van der Waals surface area contributed by atoms with Gasteiger partial charge in [-0.15, -0.1) is 0 Å². The van der Waals surface area contributed by atoms with Gasteiger partial charge in [-0.3, -0.25) is 9.59 Å². The van der Waals surface area contributed by atoms with Gasteiger partial charge in [0.1, 0.15) is 11.9 Å². The van der Waals surface area contributed by atoms with Crippen molar-refractivity contribution in [2.24, 2.45) is 18.9 Å². The number of aliphatic hydroxyl groups excluding tert-OH is 1. The molecule has 11 nitrogen and oxygen atoms in total. The highest BCUT2D eigenvalue weighted by Crippen LogP contribution is 2.33.